The van der Waals surface area contributed by atoms with Crippen molar-refractivity contribution in [1.29, 1.82) is 0 Å². The molecule has 1 aromatic carbocycles. The second-order valence-electron chi connectivity index (χ2n) is 2.70. The van der Waals surface area contributed by atoms with Crippen molar-refractivity contribution >= 4 is 33.1 Å². The summed E-state index contributed by atoms with van der Waals surface area (Å²) in [5, 5.41) is 0.815. The van der Waals surface area contributed by atoms with Crippen molar-refractivity contribution in [3.05, 3.63) is 34.2 Å². The van der Waals surface area contributed by atoms with Crippen molar-refractivity contribution in [2.75, 3.05) is 0 Å². The van der Waals surface area contributed by atoms with Crippen LogP contribution in [0.3, 0.4) is 0 Å². The molecule has 4 heteroatoms. The number of H-pyrrole nitrogens is 1. The smallest absolute Gasteiger partial charge is 0.166 e. The van der Waals surface area contributed by atoms with E-state index >= 15 is 0 Å². The molecule has 0 radical (unpaired) electrons. The number of hydrogen-bond donors (Lipinski definition) is 1. The van der Waals surface area contributed by atoms with Crippen LogP contribution in [-0.2, 0) is 0 Å². The van der Waals surface area contributed by atoms with Crippen LogP contribution in [0.2, 0.25) is 0 Å². The highest BCUT2D eigenvalue weighted by Gasteiger charge is 2.04. The van der Waals surface area contributed by atoms with E-state index in [0.717, 1.165) is 5.39 Å². The molecular formula is C9H5BrFNO. The van der Waals surface area contributed by atoms with Gasteiger partial charge in [-0.2, -0.15) is 0 Å². The number of aromatic amines is 1. The second kappa shape index (κ2) is 2.96. The van der Waals surface area contributed by atoms with E-state index in [1.54, 1.807) is 12.1 Å². The Morgan fingerprint density at radius 1 is 1.38 bits per heavy atom. The van der Waals surface area contributed by atoms with E-state index in [0.29, 0.717) is 22.0 Å². The van der Waals surface area contributed by atoms with Crippen LogP contribution in [0.25, 0.3) is 10.9 Å². The minimum absolute atomic E-state index is 0.341. The number of carbonyl (C=O) groups excluding carboxylic acids is 1. The fraction of sp³-hybridized carbons (Fsp3) is 0. The first-order chi connectivity index (χ1) is 6.20. The average Bonchev–Trinajstić information content (AvgIpc) is 2.48. The lowest BCUT2D eigenvalue weighted by Crippen LogP contribution is -1.77. The van der Waals surface area contributed by atoms with E-state index in [1.807, 2.05) is 0 Å². The first-order valence-electron chi connectivity index (χ1n) is 3.63. The zero-order valence-electron chi connectivity index (χ0n) is 6.47. The van der Waals surface area contributed by atoms with Crippen LogP contribution >= 0.6 is 15.9 Å². The van der Waals surface area contributed by atoms with E-state index in [4.69, 9.17) is 0 Å². The third-order valence-electron chi connectivity index (χ3n) is 1.81. The Labute approximate surface area is 81.9 Å². The Kier molecular flexibility index (Phi) is 1.92. The van der Waals surface area contributed by atoms with E-state index in [1.165, 1.54) is 6.07 Å². The molecule has 1 heterocycles. The van der Waals surface area contributed by atoms with Gasteiger partial charge < -0.3 is 4.98 Å². The van der Waals surface area contributed by atoms with Gasteiger partial charge >= 0.3 is 0 Å². The Bertz CT molecular complexity index is 439. The molecule has 0 fully saturated rings. The number of fused-ring (bicyclic) bond motifs is 1. The third kappa shape index (κ3) is 1.37. The molecule has 0 spiro atoms. The summed E-state index contributed by atoms with van der Waals surface area (Å²) in [5.41, 5.74) is 1.08. The monoisotopic (exact) mass is 241 g/mol. The molecule has 2 rings (SSSR count). The molecule has 0 amide bonds. The second-order valence-corrected chi connectivity index (χ2v) is 3.55. The predicted octanol–water partition coefficient (Wildman–Crippen LogP) is 2.88. The van der Waals surface area contributed by atoms with Gasteiger partial charge in [-0.25, -0.2) is 4.39 Å². The molecule has 0 saturated heterocycles. The normalized spacial score (nSPS) is 10.6. The maximum Gasteiger partial charge on any atom is 0.166 e. The third-order valence-corrected chi connectivity index (χ3v) is 2.42. The largest absolute Gasteiger partial charge is 0.352 e. The molecule has 1 N–H and O–H groups in total. The molecule has 1 aromatic heterocycles. The molecule has 0 bridgehead atoms. The zero-order chi connectivity index (χ0) is 9.42. The topological polar surface area (TPSA) is 32.9 Å². The quantitative estimate of drug-likeness (QED) is 0.766. The van der Waals surface area contributed by atoms with Crippen LogP contribution in [0, 0.1) is 5.82 Å². The average molecular weight is 242 g/mol. The lowest BCUT2D eigenvalue weighted by Gasteiger charge is -1.93. The van der Waals surface area contributed by atoms with Crippen molar-refractivity contribution in [3.8, 4) is 0 Å². The maximum absolute atomic E-state index is 13.0. The summed E-state index contributed by atoms with van der Waals surface area (Å²) >= 11 is 3.07. The molecule has 0 atom stereocenters. The highest BCUT2D eigenvalue weighted by atomic mass is 79.9. The SMILES string of the molecule is O=Cc1cc2cc(Br)c(F)cc2[nH]1. The number of hydrogen-bond acceptors (Lipinski definition) is 1. The van der Waals surface area contributed by atoms with Gasteiger partial charge in [0.25, 0.3) is 0 Å². The molecule has 66 valence electrons. The van der Waals surface area contributed by atoms with Crippen LogP contribution < -0.4 is 0 Å². The van der Waals surface area contributed by atoms with Gasteiger partial charge in [0.1, 0.15) is 5.82 Å². The molecule has 0 saturated carbocycles. The fourth-order valence-electron chi connectivity index (χ4n) is 1.21. The van der Waals surface area contributed by atoms with Crippen molar-refractivity contribution in [2.45, 2.75) is 0 Å². The van der Waals surface area contributed by atoms with Crippen LogP contribution in [0.5, 0.6) is 0 Å². The number of aromatic nitrogens is 1. The molecule has 0 unspecified atom stereocenters. The highest BCUT2D eigenvalue weighted by Crippen LogP contribution is 2.23. The lowest BCUT2D eigenvalue weighted by atomic mass is 10.2. The van der Waals surface area contributed by atoms with Crippen LogP contribution in [-0.4, -0.2) is 11.3 Å². The molecule has 0 aliphatic carbocycles. The van der Waals surface area contributed by atoms with E-state index in [9.17, 15) is 9.18 Å². The number of benzene rings is 1. The minimum atomic E-state index is -0.341. The number of rotatable bonds is 1. The summed E-state index contributed by atoms with van der Waals surface area (Å²) in [5.74, 6) is -0.341. The van der Waals surface area contributed by atoms with Gasteiger partial charge in [-0.3, -0.25) is 4.79 Å². The van der Waals surface area contributed by atoms with Crippen LogP contribution in [0.15, 0.2) is 22.7 Å². The summed E-state index contributed by atoms with van der Waals surface area (Å²) in [6.45, 7) is 0. The summed E-state index contributed by atoms with van der Waals surface area (Å²) < 4.78 is 13.4. The maximum atomic E-state index is 13.0. The number of aldehydes is 1. The summed E-state index contributed by atoms with van der Waals surface area (Å²) in [6, 6.07) is 4.66. The Hall–Kier alpha value is -1.16. The van der Waals surface area contributed by atoms with Crippen molar-refractivity contribution in [1.82, 2.24) is 4.98 Å². The van der Waals surface area contributed by atoms with E-state index in [2.05, 4.69) is 20.9 Å². The number of nitrogens with one attached hydrogen (secondary N) is 1. The summed E-state index contributed by atoms with van der Waals surface area (Å²) in [6.07, 6.45) is 0.700. The van der Waals surface area contributed by atoms with Crippen molar-refractivity contribution < 1.29 is 9.18 Å². The van der Waals surface area contributed by atoms with Gasteiger partial charge in [0, 0.05) is 10.9 Å². The first kappa shape index (κ1) is 8.44. The zero-order valence-corrected chi connectivity index (χ0v) is 8.06. The molecule has 2 nitrogen and oxygen atoms in total. The van der Waals surface area contributed by atoms with Gasteiger partial charge in [0.15, 0.2) is 6.29 Å². The molecule has 0 aliphatic heterocycles. The highest BCUT2D eigenvalue weighted by molar-refractivity contribution is 9.10. The molecule has 2 aromatic rings. The molecule has 0 aliphatic rings. The Morgan fingerprint density at radius 3 is 2.85 bits per heavy atom. The number of carbonyl (C=O) groups is 1. The lowest BCUT2D eigenvalue weighted by molar-refractivity contribution is 0.112. The Balaban J connectivity index is 2.77. The van der Waals surface area contributed by atoms with Gasteiger partial charge in [0.05, 0.1) is 10.2 Å². The first-order valence-corrected chi connectivity index (χ1v) is 4.43. The van der Waals surface area contributed by atoms with E-state index < -0.39 is 0 Å². The van der Waals surface area contributed by atoms with E-state index in [-0.39, 0.29) is 5.82 Å². The van der Waals surface area contributed by atoms with Gasteiger partial charge in [0.2, 0.25) is 0 Å². The van der Waals surface area contributed by atoms with Gasteiger partial charge in [-0.05, 0) is 34.1 Å². The van der Waals surface area contributed by atoms with Crippen molar-refractivity contribution in [2.24, 2.45) is 0 Å². The summed E-state index contributed by atoms with van der Waals surface area (Å²) in [7, 11) is 0. The van der Waals surface area contributed by atoms with Crippen LogP contribution in [0.1, 0.15) is 10.5 Å². The number of halogens is 2. The predicted molar refractivity (Wildman–Crippen MR) is 51.3 cm³/mol. The van der Waals surface area contributed by atoms with Crippen molar-refractivity contribution in [3.63, 3.8) is 0 Å². The minimum Gasteiger partial charge on any atom is -0.352 e. The molecular weight excluding hydrogens is 237 g/mol. The molecule has 13 heavy (non-hydrogen) atoms. The standard InChI is InChI=1S/C9H5BrFNO/c10-7-2-5-1-6(4-13)12-9(5)3-8(7)11/h1-4,12H. The van der Waals surface area contributed by atoms with Gasteiger partial charge in [-0.1, -0.05) is 0 Å². The van der Waals surface area contributed by atoms with Crippen LogP contribution in [0.4, 0.5) is 4.39 Å². The Morgan fingerprint density at radius 2 is 2.15 bits per heavy atom. The van der Waals surface area contributed by atoms with Gasteiger partial charge in [-0.15, -0.1) is 0 Å². The fourth-order valence-corrected chi connectivity index (χ4v) is 1.57. The summed E-state index contributed by atoms with van der Waals surface area (Å²) in [4.78, 5) is 13.2.